The Morgan fingerprint density at radius 3 is 2.84 bits per heavy atom. The van der Waals surface area contributed by atoms with Crippen molar-refractivity contribution >= 4 is 38.5 Å². The summed E-state index contributed by atoms with van der Waals surface area (Å²) in [4.78, 5) is 19.4. The molecule has 3 aromatic heterocycles. The van der Waals surface area contributed by atoms with Gasteiger partial charge in [-0.2, -0.15) is 5.10 Å². The fourth-order valence-corrected chi connectivity index (χ4v) is 4.75. The van der Waals surface area contributed by atoms with Gasteiger partial charge in [-0.05, 0) is 35.9 Å². The Labute approximate surface area is 225 Å². The Morgan fingerprint density at radius 2 is 2.00 bits per heavy atom. The molecule has 0 aliphatic carbocycles. The molecule has 3 N–H and O–H groups in total. The second-order valence-corrected chi connectivity index (χ2v) is 9.76. The van der Waals surface area contributed by atoms with Gasteiger partial charge in [0.05, 0.1) is 55.0 Å². The van der Waals surface area contributed by atoms with Crippen LogP contribution in [0.5, 0.6) is 5.75 Å². The summed E-state index contributed by atoms with van der Waals surface area (Å²) in [6.45, 7) is 4.25. The number of halogens is 2. The molecular formula is C26H24BrFN8O2. The van der Waals surface area contributed by atoms with Gasteiger partial charge in [0.2, 0.25) is 0 Å². The number of nitrogens with one attached hydrogen (secondary N) is 3. The third kappa shape index (κ3) is 4.97. The summed E-state index contributed by atoms with van der Waals surface area (Å²) in [5.41, 5.74) is 4.51. The summed E-state index contributed by atoms with van der Waals surface area (Å²) < 4.78 is 26.1. The van der Waals surface area contributed by atoms with E-state index in [0.29, 0.717) is 28.8 Å². The van der Waals surface area contributed by atoms with Crippen molar-refractivity contribution in [2.45, 2.75) is 6.54 Å². The summed E-state index contributed by atoms with van der Waals surface area (Å²) in [6, 6.07) is 10.9. The fourth-order valence-electron chi connectivity index (χ4n) is 4.39. The number of hydrogen-bond donors (Lipinski definition) is 3. The Bertz CT molecular complexity index is 1600. The van der Waals surface area contributed by atoms with Gasteiger partial charge >= 0.3 is 0 Å². The summed E-state index contributed by atoms with van der Waals surface area (Å²) >= 11 is 3.38. The van der Waals surface area contributed by atoms with Crippen molar-refractivity contribution in [1.29, 1.82) is 0 Å². The molecule has 194 valence electrons. The standard InChI is InChI=1S/C26H24BrFN8O2/c1-37-22-13-29-24(17-11-16(27)3-4-18(17)28)34-25(22)33-21-12-30-35-23(21)26-31-19-5-2-15(10-20(19)32-26)14-36-6-8-38-9-7-36/h2-5,10-13H,6-9,14H2,1H3,(H,30,35)(H,31,32)(H,29,33,34). The maximum absolute atomic E-state index is 14.5. The summed E-state index contributed by atoms with van der Waals surface area (Å²) in [6.07, 6.45) is 3.13. The first-order chi connectivity index (χ1) is 18.6. The zero-order chi connectivity index (χ0) is 26.1. The van der Waals surface area contributed by atoms with Crippen molar-refractivity contribution in [3.05, 3.63) is 64.6 Å². The highest BCUT2D eigenvalue weighted by atomic mass is 79.9. The van der Waals surface area contributed by atoms with Crippen LogP contribution < -0.4 is 10.1 Å². The number of imidazole rings is 1. The van der Waals surface area contributed by atoms with Gasteiger partial charge in [-0.25, -0.2) is 19.3 Å². The van der Waals surface area contributed by atoms with Crippen molar-refractivity contribution in [2.24, 2.45) is 0 Å². The summed E-state index contributed by atoms with van der Waals surface area (Å²) in [5.74, 6) is 1.17. The first-order valence-electron chi connectivity index (χ1n) is 12.0. The molecule has 0 unspecified atom stereocenters. The monoisotopic (exact) mass is 578 g/mol. The van der Waals surface area contributed by atoms with E-state index in [-0.39, 0.29) is 11.4 Å². The molecule has 0 amide bonds. The minimum atomic E-state index is -0.427. The first-order valence-corrected chi connectivity index (χ1v) is 12.8. The molecule has 1 aliphatic heterocycles. The van der Waals surface area contributed by atoms with E-state index >= 15 is 0 Å². The molecular weight excluding hydrogens is 555 g/mol. The number of aromatic nitrogens is 6. The van der Waals surface area contributed by atoms with Gasteiger partial charge in [-0.3, -0.25) is 10.00 Å². The molecule has 6 rings (SSSR count). The number of fused-ring (bicyclic) bond motifs is 1. The van der Waals surface area contributed by atoms with Crippen LogP contribution in [0, 0.1) is 5.82 Å². The number of H-pyrrole nitrogens is 2. The molecule has 0 spiro atoms. The number of anilines is 2. The molecule has 12 heteroatoms. The summed E-state index contributed by atoms with van der Waals surface area (Å²) in [5, 5.41) is 10.5. The lowest BCUT2D eigenvalue weighted by Gasteiger charge is -2.26. The third-order valence-corrected chi connectivity index (χ3v) is 6.82. The van der Waals surface area contributed by atoms with E-state index in [2.05, 4.69) is 63.4 Å². The Morgan fingerprint density at radius 1 is 1.13 bits per heavy atom. The molecule has 1 saturated heterocycles. The molecule has 10 nitrogen and oxygen atoms in total. The lowest BCUT2D eigenvalue weighted by molar-refractivity contribution is 0.0342. The predicted octanol–water partition coefficient (Wildman–Crippen LogP) is 4.90. The van der Waals surface area contributed by atoms with Gasteiger partial charge in [-0.1, -0.05) is 22.0 Å². The van der Waals surface area contributed by atoms with Crippen LogP contribution in [-0.4, -0.2) is 68.4 Å². The van der Waals surface area contributed by atoms with Crippen LogP contribution in [0.1, 0.15) is 5.56 Å². The van der Waals surface area contributed by atoms with E-state index in [9.17, 15) is 4.39 Å². The van der Waals surface area contributed by atoms with Gasteiger partial charge in [-0.15, -0.1) is 0 Å². The zero-order valence-electron chi connectivity index (χ0n) is 20.5. The predicted molar refractivity (Wildman–Crippen MR) is 145 cm³/mol. The normalized spacial score (nSPS) is 14.2. The lowest BCUT2D eigenvalue weighted by Crippen LogP contribution is -2.35. The smallest absolute Gasteiger partial charge is 0.179 e. The van der Waals surface area contributed by atoms with Crippen molar-refractivity contribution in [2.75, 3.05) is 38.7 Å². The fraction of sp³-hybridized carbons (Fsp3) is 0.231. The van der Waals surface area contributed by atoms with E-state index in [1.54, 1.807) is 18.3 Å². The largest absolute Gasteiger partial charge is 0.491 e. The van der Waals surface area contributed by atoms with E-state index in [0.717, 1.165) is 48.4 Å². The number of ether oxygens (including phenoxy) is 2. The zero-order valence-corrected chi connectivity index (χ0v) is 22.0. The molecule has 38 heavy (non-hydrogen) atoms. The highest BCUT2D eigenvalue weighted by molar-refractivity contribution is 9.10. The topological polar surface area (TPSA) is 117 Å². The van der Waals surface area contributed by atoms with Crippen molar-refractivity contribution in [1.82, 2.24) is 35.0 Å². The van der Waals surface area contributed by atoms with Crippen LogP contribution in [0.2, 0.25) is 0 Å². The van der Waals surface area contributed by atoms with Gasteiger partial charge in [0.1, 0.15) is 11.5 Å². The second-order valence-electron chi connectivity index (χ2n) is 8.84. The molecule has 4 heterocycles. The Balaban J connectivity index is 1.29. The average Bonchev–Trinajstić information content (AvgIpc) is 3.57. The minimum Gasteiger partial charge on any atom is -0.491 e. The number of aromatic amines is 2. The molecule has 0 atom stereocenters. The highest BCUT2D eigenvalue weighted by Gasteiger charge is 2.18. The third-order valence-electron chi connectivity index (χ3n) is 6.33. The molecule has 5 aromatic rings. The number of nitrogens with zero attached hydrogens (tertiary/aromatic N) is 5. The summed E-state index contributed by atoms with van der Waals surface area (Å²) in [7, 11) is 1.52. The minimum absolute atomic E-state index is 0.216. The second kappa shape index (κ2) is 10.5. The number of hydrogen-bond acceptors (Lipinski definition) is 8. The van der Waals surface area contributed by atoms with E-state index in [1.807, 2.05) is 6.07 Å². The van der Waals surface area contributed by atoms with Gasteiger partial charge in [0.15, 0.2) is 23.2 Å². The lowest BCUT2D eigenvalue weighted by atomic mass is 10.2. The number of benzene rings is 2. The molecule has 1 fully saturated rings. The molecule has 1 aliphatic rings. The van der Waals surface area contributed by atoms with Crippen LogP contribution in [0.15, 0.2) is 53.3 Å². The van der Waals surface area contributed by atoms with Crippen LogP contribution in [0.3, 0.4) is 0 Å². The van der Waals surface area contributed by atoms with E-state index in [1.165, 1.54) is 24.9 Å². The first kappa shape index (κ1) is 24.5. The van der Waals surface area contributed by atoms with Crippen LogP contribution in [0.4, 0.5) is 15.9 Å². The maximum Gasteiger partial charge on any atom is 0.179 e. The van der Waals surface area contributed by atoms with Crippen molar-refractivity contribution < 1.29 is 13.9 Å². The van der Waals surface area contributed by atoms with Crippen LogP contribution in [-0.2, 0) is 11.3 Å². The Kier molecular flexibility index (Phi) is 6.75. The van der Waals surface area contributed by atoms with Gasteiger partial charge < -0.3 is 19.8 Å². The van der Waals surface area contributed by atoms with Gasteiger partial charge in [0.25, 0.3) is 0 Å². The van der Waals surface area contributed by atoms with Gasteiger partial charge in [0, 0.05) is 24.1 Å². The average molecular weight is 579 g/mol. The quantitative estimate of drug-likeness (QED) is 0.250. The molecule has 2 aromatic carbocycles. The number of methoxy groups -OCH3 is 1. The SMILES string of the molecule is COc1cnc(-c2cc(Br)ccc2F)nc1Nc1cn[nH]c1-c1nc2ccc(CN3CCOCC3)cc2[nH]1. The number of morpholine rings is 1. The molecule has 0 saturated carbocycles. The highest BCUT2D eigenvalue weighted by Crippen LogP contribution is 2.33. The van der Waals surface area contributed by atoms with Crippen LogP contribution in [0.25, 0.3) is 33.9 Å². The van der Waals surface area contributed by atoms with E-state index < -0.39 is 5.82 Å². The number of rotatable bonds is 7. The van der Waals surface area contributed by atoms with Crippen molar-refractivity contribution in [3.63, 3.8) is 0 Å². The van der Waals surface area contributed by atoms with E-state index in [4.69, 9.17) is 14.5 Å². The molecule has 0 bridgehead atoms. The molecule has 0 radical (unpaired) electrons. The van der Waals surface area contributed by atoms with Crippen molar-refractivity contribution in [3.8, 4) is 28.7 Å². The van der Waals surface area contributed by atoms with Crippen LogP contribution >= 0.6 is 15.9 Å². The Hall–Kier alpha value is -3.87. The maximum atomic E-state index is 14.5.